The zero-order chi connectivity index (χ0) is 22.2. The van der Waals surface area contributed by atoms with E-state index in [0.29, 0.717) is 64.8 Å². The van der Waals surface area contributed by atoms with Crippen LogP contribution in [0.3, 0.4) is 0 Å². The first-order valence-electron chi connectivity index (χ1n) is 9.82. The summed E-state index contributed by atoms with van der Waals surface area (Å²) in [6, 6.07) is 12.8. The molecule has 0 spiro atoms. The van der Waals surface area contributed by atoms with E-state index < -0.39 is 0 Å². The second kappa shape index (κ2) is 10.6. The number of hydrogen-bond acceptors (Lipinski definition) is 6. The van der Waals surface area contributed by atoms with Gasteiger partial charge in [-0.15, -0.1) is 0 Å². The van der Waals surface area contributed by atoms with Gasteiger partial charge >= 0.3 is 0 Å². The molecule has 2 N–H and O–H groups in total. The molecule has 1 heterocycles. The Morgan fingerprint density at radius 2 is 2.10 bits per heavy atom. The van der Waals surface area contributed by atoms with Crippen molar-refractivity contribution in [2.45, 2.75) is 13.5 Å². The van der Waals surface area contributed by atoms with Gasteiger partial charge in [0.05, 0.1) is 47.1 Å². The van der Waals surface area contributed by atoms with Gasteiger partial charge in [-0.1, -0.05) is 17.7 Å². The van der Waals surface area contributed by atoms with Crippen molar-refractivity contribution < 1.29 is 14.3 Å². The first kappa shape index (κ1) is 22.3. The van der Waals surface area contributed by atoms with Crippen molar-refractivity contribution in [3.8, 4) is 11.8 Å². The number of fused-ring (bicyclic) bond motifs is 1. The van der Waals surface area contributed by atoms with E-state index in [1.807, 2.05) is 13.0 Å². The number of amides is 1. The van der Waals surface area contributed by atoms with E-state index in [2.05, 4.69) is 21.7 Å². The summed E-state index contributed by atoms with van der Waals surface area (Å²) in [5.74, 6) is 0.319. The first-order valence-corrected chi connectivity index (χ1v) is 10.2. The van der Waals surface area contributed by atoms with E-state index in [1.54, 1.807) is 37.4 Å². The zero-order valence-electron chi connectivity index (χ0n) is 17.4. The number of aromatic nitrogens is 1. The topological polar surface area (TPSA) is 96.3 Å². The largest absolute Gasteiger partial charge is 0.495 e. The number of rotatable bonds is 9. The van der Waals surface area contributed by atoms with Gasteiger partial charge < -0.3 is 20.1 Å². The molecule has 0 aliphatic rings. The molecule has 0 radical (unpaired) electrons. The van der Waals surface area contributed by atoms with Crippen molar-refractivity contribution in [2.75, 3.05) is 32.2 Å². The smallest absolute Gasteiger partial charge is 0.255 e. The van der Waals surface area contributed by atoms with Crippen molar-refractivity contribution >= 4 is 34.1 Å². The second-order valence-electron chi connectivity index (χ2n) is 6.67. The van der Waals surface area contributed by atoms with Crippen LogP contribution < -0.4 is 15.4 Å². The molecule has 0 saturated carbocycles. The summed E-state index contributed by atoms with van der Waals surface area (Å²) in [7, 11) is 1.56. The lowest BCUT2D eigenvalue weighted by molar-refractivity contribution is 0.0923. The lowest BCUT2D eigenvalue weighted by Gasteiger charge is -2.15. The number of halogens is 1. The molecule has 8 heteroatoms. The van der Waals surface area contributed by atoms with E-state index >= 15 is 0 Å². The third kappa shape index (κ3) is 5.43. The van der Waals surface area contributed by atoms with Crippen LogP contribution in [0.25, 0.3) is 10.9 Å². The molecule has 31 heavy (non-hydrogen) atoms. The fourth-order valence-electron chi connectivity index (χ4n) is 3.11. The molecule has 0 atom stereocenters. The van der Waals surface area contributed by atoms with Gasteiger partial charge in [0.15, 0.2) is 0 Å². The molecule has 1 amide bonds. The van der Waals surface area contributed by atoms with Crippen molar-refractivity contribution in [3.63, 3.8) is 0 Å². The Bertz CT molecular complexity index is 1130. The highest BCUT2D eigenvalue weighted by Crippen LogP contribution is 2.29. The number of carbonyl (C=O) groups is 1. The summed E-state index contributed by atoms with van der Waals surface area (Å²) in [6.07, 6.45) is 1.54. The summed E-state index contributed by atoms with van der Waals surface area (Å²) in [4.78, 5) is 17.2. The number of methoxy groups -OCH3 is 1. The molecule has 0 aliphatic carbocycles. The Hall–Kier alpha value is -3.34. The molecule has 0 aliphatic heterocycles. The summed E-state index contributed by atoms with van der Waals surface area (Å²) in [5, 5.41) is 16.7. The Morgan fingerprint density at radius 3 is 2.81 bits per heavy atom. The summed E-state index contributed by atoms with van der Waals surface area (Å²) in [6.45, 7) is 3.71. The molecule has 0 bridgehead atoms. The number of carbonyl (C=O) groups excluding carboxylic acids is 1. The van der Waals surface area contributed by atoms with E-state index in [-0.39, 0.29) is 5.91 Å². The summed E-state index contributed by atoms with van der Waals surface area (Å²) >= 11 is 6.24. The van der Waals surface area contributed by atoms with Gasteiger partial charge in [0.1, 0.15) is 5.75 Å². The number of nitrogens with one attached hydrogen (secondary N) is 2. The molecule has 0 unspecified atom stereocenters. The van der Waals surface area contributed by atoms with Crippen LogP contribution in [0.5, 0.6) is 5.75 Å². The monoisotopic (exact) mass is 438 g/mol. The van der Waals surface area contributed by atoms with Crippen LogP contribution in [0.1, 0.15) is 28.4 Å². The summed E-state index contributed by atoms with van der Waals surface area (Å²) in [5.41, 5.74) is 3.07. The molecular formula is C23H23ClN4O3. The lowest BCUT2D eigenvalue weighted by Crippen LogP contribution is -2.28. The molecule has 2 aromatic carbocycles. The Kier molecular flexibility index (Phi) is 7.65. The van der Waals surface area contributed by atoms with Crippen molar-refractivity contribution in [1.29, 1.82) is 5.26 Å². The number of pyridine rings is 1. The van der Waals surface area contributed by atoms with Crippen molar-refractivity contribution in [2.24, 2.45) is 0 Å². The molecule has 1 aromatic heterocycles. The molecule has 0 fully saturated rings. The minimum absolute atomic E-state index is 0.272. The van der Waals surface area contributed by atoms with Crippen molar-refractivity contribution in [3.05, 3.63) is 64.3 Å². The van der Waals surface area contributed by atoms with E-state index in [0.717, 1.165) is 5.56 Å². The van der Waals surface area contributed by atoms with Gasteiger partial charge in [0.25, 0.3) is 5.91 Å². The van der Waals surface area contributed by atoms with Gasteiger partial charge in [0.2, 0.25) is 0 Å². The maximum Gasteiger partial charge on any atom is 0.255 e. The predicted molar refractivity (Wildman–Crippen MR) is 121 cm³/mol. The lowest BCUT2D eigenvalue weighted by atomic mass is 10.1. The molecule has 0 saturated heterocycles. The van der Waals surface area contributed by atoms with Crippen LogP contribution in [0.15, 0.2) is 42.6 Å². The fourth-order valence-corrected chi connectivity index (χ4v) is 3.39. The number of nitriles is 1. The number of ether oxygens (including phenoxy) is 2. The average Bonchev–Trinajstić information content (AvgIpc) is 2.79. The highest BCUT2D eigenvalue weighted by Gasteiger charge is 2.16. The van der Waals surface area contributed by atoms with E-state index in [1.165, 1.54) is 6.20 Å². The highest BCUT2D eigenvalue weighted by molar-refractivity contribution is 6.32. The number of benzene rings is 2. The van der Waals surface area contributed by atoms with Crippen LogP contribution >= 0.6 is 11.6 Å². The maximum atomic E-state index is 12.8. The van der Waals surface area contributed by atoms with Gasteiger partial charge in [-0.3, -0.25) is 9.78 Å². The highest BCUT2D eigenvalue weighted by atomic mass is 35.5. The van der Waals surface area contributed by atoms with Crippen LogP contribution in [0.2, 0.25) is 5.02 Å². The third-order valence-corrected chi connectivity index (χ3v) is 4.96. The maximum absolute atomic E-state index is 12.8. The predicted octanol–water partition coefficient (Wildman–Crippen LogP) is 4.15. The van der Waals surface area contributed by atoms with Gasteiger partial charge in [-0.25, -0.2) is 0 Å². The molecule has 3 rings (SSSR count). The summed E-state index contributed by atoms with van der Waals surface area (Å²) < 4.78 is 10.5. The normalized spacial score (nSPS) is 10.5. The molecule has 3 aromatic rings. The Labute approximate surface area is 185 Å². The van der Waals surface area contributed by atoms with Gasteiger partial charge in [0, 0.05) is 31.3 Å². The number of nitrogens with zero attached hydrogens (tertiary/aromatic N) is 2. The van der Waals surface area contributed by atoms with Gasteiger partial charge in [-0.2, -0.15) is 5.26 Å². The SMILES string of the molecule is CCOCCNC(=O)c1cnc2ccc(C#N)cc2c1NCc1ccc(OC)c(Cl)c1. The minimum Gasteiger partial charge on any atom is -0.495 e. The van der Waals surface area contributed by atoms with Crippen LogP contribution in [-0.4, -0.2) is 37.8 Å². The van der Waals surface area contributed by atoms with Crippen LogP contribution in [-0.2, 0) is 11.3 Å². The fraction of sp³-hybridized carbons (Fsp3) is 0.261. The van der Waals surface area contributed by atoms with E-state index in [9.17, 15) is 10.1 Å². The Balaban J connectivity index is 1.94. The quantitative estimate of drug-likeness (QED) is 0.487. The molecule has 7 nitrogen and oxygen atoms in total. The molecule has 160 valence electrons. The first-order chi connectivity index (χ1) is 15.1. The third-order valence-electron chi connectivity index (χ3n) is 4.66. The number of anilines is 1. The number of hydrogen-bond donors (Lipinski definition) is 2. The van der Waals surface area contributed by atoms with Gasteiger partial charge in [-0.05, 0) is 42.8 Å². The van der Waals surface area contributed by atoms with E-state index in [4.69, 9.17) is 21.1 Å². The Morgan fingerprint density at radius 1 is 1.26 bits per heavy atom. The minimum atomic E-state index is -0.272. The van der Waals surface area contributed by atoms with Crippen molar-refractivity contribution in [1.82, 2.24) is 10.3 Å². The second-order valence-corrected chi connectivity index (χ2v) is 7.07. The zero-order valence-corrected chi connectivity index (χ0v) is 18.1. The standard InChI is InChI=1S/C23H23ClN4O3/c1-3-31-9-8-26-23(29)18-14-27-20-6-4-15(12-25)10-17(20)22(18)28-13-16-5-7-21(30-2)19(24)11-16/h4-7,10-11,14H,3,8-9,13H2,1-2H3,(H,26,29)(H,27,28). The van der Waals surface area contributed by atoms with Crippen LogP contribution in [0, 0.1) is 11.3 Å². The molecular weight excluding hydrogens is 416 g/mol. The van der Waals surface area contributed by atoms with Crippen LogP contribution in [0.4, 0.5) is 5.69 Å². The average molecular weight is 439 g/mol.